The summed E-state index contributed by atoms with van der Waals surface area (Å²) in [5.41, 5.74) is 1.25. The second kappa shape index (κ2) is 9.12. The Morgan fingerprint density at radius 1 is 1.04 bits per heavy atom. The molecule has 2 amide bonds. The minimum absolute atomic E-state index is 0.0656. The van der Waals surface area contributed by atoms with Crippen molar-refractivity contribution in [3.63, 3.8) is 0 Å². The van der Waals surface area contributed by atoms with Crippen molar-refractivity contribution in [3.8, 4) is 17.2 Å². The zero-order chi connectivity index (χ0) is 19.9. The number of benzene rings is 2. The molecule has 1 N–H and O–H groups in total. The molecular weight excluding hydrogens is 360 g/mol. The molecule has 1 heterocycles. The van der Waals surface area contributed by atoms with Gasteiger partial charge in [0, 0.05) is 18.7 Å². The van der Waals surface area contributed by atoms with Crippen molar-refractivity contribution >= 4 is 23.2 Å². The number of hydrogen-bond donors (Lipinski definition) is 1. The van der Waals surface area contributed by atoms with Gasteiger partial charge >= 0.3 is 0 Å². The maximum absolute atomic E-state index is 12.3. The summed E-state index contributed by atoms with van der Waals surface area (Å²) >= 11 is 0. The first-order valence-electron chi connectivity index (χ1n) is 9.16. The van der Waals surface area contributed by atoms with Crippen molar-refractivity contribution in [2.45, 2.75) is 19.3 Å². The highest BCUT2D eigenvalue weighted by Gasteiger charge is 2.23. The fourth-order valence-corrected chi connectivity index (χ4v) is 3.06. The third kappa shape index (κ3) is 4.73. The van der Waals surface area contributed by atoms with E-state index < -0.39 is 0 Å². The molecule has 0 spiro atoms. The predicted molar refractivity (Wildman–Crippen MR) is 106 cm³/mol. The number of nitrogens with zero attached hydrogens (tertiary/aromatic N) is 1. The first-order chi connectivity index (χ1) is 13.6. The molecule has 1 fully saturated rings. The Bertz CT molecular complexity index is 835. The lowest BCUT2D eigenvalue weighted by Gasteiger charge is -2.28. The Kier molecular flexibility index (Phi) is 6.37. The second-order valence-corrected chi connectivity index (χ2v) is 6.40. The van der Waals surface area contributed by atoms with Crippen LogP contribution in [0.15, 0.2) is 42.5 Å². The van der Waals surface area contributed by atoms with E-state index in [0.29, 0.717) is 35.8 Å². The van der Waals surface area contributed by atoms with E-state index in [2.05, 4.69) is 5.32 Å². The maximum Gasteiger partial charge on any atom is 0.262 e. The van der Waals surface area contributed by atoms with Gasteiger partial charge in [0.2, 0.25) is 5.91 Å². The Morgan fingerprint density at radius 2 is 1.79 bits per heavy atom. The molecule has 0 radical (unpaired) electrons. The lowest BCUT2D eigenvalue weighted by atomic mass is 10.1. The predicted octanol–water partition coefficient (Wildman–Crippen LogP) is 3.24. The van der Waals surface area contributed by atoms with Gasteiger partial charge < -0.3 is 24.4 Å². The van der Waals surface area contributed by atoms with E-state index in [-0.39, 0.29) is 18.4 Å². The summed E-state index contributed by atoms with van der Waals surface area (Å²) in [5, 5.41) is 2.80. The number of rotatable bonds is 7. The molecule has 2 aromatic rings. The van der Waals surface area contributed by atoms with Gasteiger partial charge in [-0.05, 0) is 55.3 Å². The lowest BCUT2D eigenvalue weighted by Crippen LogP contribution is -2.35. The number of methoxy groups -OCH3 is 2. The zero-order valence-corrected chi connectivity index (χ0v) is 16.1. The smallest absolute Gasteiger partial charge is 0.262 e. The van der Waals surface area contributed by atoms with Crippen LogP contribution in [0.3, 0.4) is 0 Å². The molecule has 7 heteroatoms. The Morgan fingerprint density at radius 3 is 2.46 bits per heavy atom. The van der Waals surface area contributed by atoms with Gasteiger partial charge in [-0.2, -0.15) is 0 Å². The molecule has 0 saturated carbocycles. The molecule has 7 nitrogen and oxygen atoms in total. The molecule has 148 valence electrons. The molecule has 0 aliphatic carbocycles. The molecule has 1 saturated heterocycles. The number of nitrogens with one attached hydrogen (secondary N) is 1. The first kappa shape index (κ1) is 19.5. The summed E-state index contributed by atoms with van der Waals surface area (Å²) in [4.78, 5) is 26.2. The molecule has 1 aliphatic heterocycles. The van der Waals surface area contributed by atoms with Crippen LogP contribution in [0.4, 0.5) is 11.4 Å². The van der Waals surface area contributed by atoms with Crippen LogP contribution in [0.25, 0.3) is 0 Å². The van der Waals surface area contributed by atoms with Crippen molar-refractivity contribution in [1.29, 1.82) is 0 Å². The Balaban J connectivity index is 1.65. The number of anilines is 2. The van der Waals surface area contributed by atoms with Crippen LogP contribution < -0.4 is 24.4 Å². The number of hydrogen-bond acceptors (Lipinski definition) is 5. The van der Waals surface area contributed by atoms with E-state index in [1.165, 1.54) is 0 Å². The van der Waals surface area contributed by atoms with Crippen molar-refractivity contribution in [1.82, 2.24) is 0 Å². The molecule has 0 atom stereocenters. The summed E-state index contributed by atoms with van der Waals surface area (Å²) in [7, 11) is 3.15. The summed E-state index contributed by atoms with van der Waals surface area (Å²) in [6, 6.07) is 12.2. The molecule has 0 aromatic heterocycles. The highest BCUT2D eigenvalue weighted by Crippen LogP contribution is 2.33. The Hall–Kier alpha value is -3.22. The quantitative estimate of drug-likeness (QED) is 0.793. The highest BCUT2D eigenvalue weighted by atomic mass is 16.5. The fraction of sp³-hybridized carbons (Fsp3) is 0.333. The van der Waals surface area contributed by atoms with Gasteiger partial charge in [0.25, 0.3) is 5.91 Å². The van der Waals surface area contributed by atoms with Gasteiger partial charge in [-0.25, -0.2) is 0 Å². The average Bonchev–Trinajstić information content (AvgIpc) is 2.73. The minimum atomic E-state index is -0.295. The van der Waals surface area contributed by atoms with Crippen LogP contribution in [0.1, 0.15) is 19.3 Å². The molecule has 0 unspecified atom stereocenters. The zero-order valence-electron chi connectivity index (χ0n) is 16.1. The van der Waals surface area contributed by atoms with E-state index in [9.17, 15) is 9.59 Å². The van der Waals surface area contributed by atoms with Crippen LogP contribution in [0.5, 0.6) is 17.2 Å². The van der Waals surface area contributed by atoms with Gasteiger partial charge in [0.15, 0.2) is 6.61 Å². The summed E-state index contributed by atoms with van der Waals surface area (Å²) in [6.07, 6.45) is 2.37. The van der Waals surface area contributed by atoms with E-state index in [1.54, 1.807) is 61.6 Å². The van der Waals surface area contributed by atoms with Gasteiger partial charge in [-0.1, -0.05) is 0 Å². The molecular formula is C21H24N2O5. The Labute approximate surface area is 164 Å². The molecule has 3 rings (SSSR count). The maximum atomic E-state index is 12.3. The molecule has 28 heavy (non-hydrogen) atoms. The summed E-state index contributed by atoms with van der Waals surface area (Å²) in [5.74, 6) is 1.66. The third-order valence-electron chi connectivity index (χ3n) is 4.51. The van der Waals surface area contributed by atoms with Crippen molar-refractivity contribution < 1.29 is 23.8 Å². The first-order valence-corrected chi connectivity index (χ1v) is 9.16. The van der Waals surface area contributed by atoms with E-state index in [4.69, 9.17) is 14.2 Å². The molecule has 1 aliphatic rings. The largest absolute Gasteiger partial charge is 0.497 e. The summed E-state index contributed by atoms with van der Waals surface area (Å²) in [6.45, 7) is 0.517. The number of piperidine rings is 1. The van der Waals surface area contributed by atoms with Crippen LogP contribution in [0.2, 0.25) is 0 Å². The van der Waals surface area contributed by atoms with Crippen LogP contribution in [-0.2, 0) is 9.59 Å². The van der Waals surface area contributed by atoms with E-state index in [1.807, 2.05) is 0 Å². The topological polar surface area (TPSA) is 77.1 Å². The van der Waals surface area contributed by atoms with Gasteiger partial charge in [0.05, 0.1) is 19.9 Å². The van der Waals surface area contributed by atoms with Crippen molar-refractivity contribution in [2.24, 2.45) is 0 Å². The van der Waals surface area contributed by atoms with E-state index >= 15 is 0 Å². The number of ether oxygens (including phenoxy) is 3. The second-order valence-electron chi connectivity index (χ2n) is 6.40. The van der Waals surface area contributed by atoms with Gasteiger partial charge in [-0.3, -0.25) is 9.59 Å². The fourth-order valence-electron chi connectivity index (χ4n) is 3.06. The molecule has 0 bridgehead atoms. The SMILES string of the molecule is COc1ccc(OCC(=O)Nc2ccc(OC)c(N3CCCCC3=O)c2)cc1. The number of carbonyl (C=O) groups is 2. The van der Waals surface area contributed by atoms with Crippen LogP contribution in [-0.4, -0.2) is 39.2 Å². The number of carbonyl (C=O) groups excluding carboxylic acids is 2. The third-order valence-corrected chi connectivity index (χ3v) is 4.51. The van der Waals surface area contributed by atoms with Gasteiger partial charge in [-0.15, -0.1) is 0 Å². The van der Waals surface area contributed by atoms with Crippen LogP contribution >= 0.6 is 0 Å². The average molecular weight is 384 g/mol. The standard InChI is InChI=1S/C21H24N2O5/c1-26-16-7-9-17(10-8-16)28-14-20(24)22-15-6-11-19(27-2)18(13-15)23-12-4-3-5-21(23)25/h6-11,13H,3-5,12,14H2,1-2H3,(H,22,24). The van der Waals surface area contributed by atoms with E-state index in [0.717, 1.165) is 18.6 Å². The lowest BCUT2D eigenvalue weighted by molar-refractivity contribution is -0.119. The number of amides is 2. The van der Waals surface area contributed by atoms with Crippen molar-refractivity contribution in [3.05, 3.63) is 42.5 Å². The normalized spacial score (nSPS) is 13.8. The van der Waals surface area contributed by atoms with Crippen LogP contribution in [0, 0.1) is 0 Å². The van der Waals surface area contributed by atoms with Crippen molar-refractivity contribution in [2.75, 3.05) is 37.6 Å². The van der Waals surface area contributed by atoms with Gasteiger partial charge in [0.1, 0.15) is 17.2 Å². The summed E-state index contributed by atoms with van der Waals surface area (Å²) < 4.78 is 16.0. The minimum Gasteiger partial charge on any atom is -0.497 e. The monoisotopic (exact) mass is 384 g/mol. The molecule has 2 aromatic carbocycles. The highest BCUT2D eigenvalue weighted by molar-refractivity contribution is 5.97.